The van der Waals surface area contributed by atoms with Crippen LogP contribution >= 0.6 is 11.6 Å². The largest absolute Gasteiger partial charge is 0.489 e. The topological polar surface area (TPSA) is 25.0 Å². The predicted molar refractivity (Wildman–Crippen MR) is 103 cm³/mol. The fourth-order valence-corrected chi connectivity index (χ4v) is 3.04. The normalized spacial score (nSPS) is 10.9. The molecule has 0 amide bonds. The molecular formula is C22H18ClNO. The maximum Gasteiger partial charge on any atom is 0.120 e. The Labute approximate surface area is 152 Å². The maximum absolute atomic E-state index is 5.95. The molecule has 4 rings (SSSR count). The van der Waals surface area contributed by atoms with E-state index >= 15 is 0 Å². The van der Waals surface area contributed by atoms with E-state index in [0.717, 1.165) is 28.1 Å². The summed E-state index contributed by atoms with van der Waals surface area (Å²) in [6.07, 6.45) is 0.853. The van der Waals surface area contributed by atoms with Crippen molar-refractivity contribution in [3.63, 3.8) is 0 Å². The summed E-state index contributed by atoms with van der Waals surface area (Å²) in [5.74, 6) is 0.883. The summed E-state index contributed by atoms with van der Waals surface area (Å²) in [5, 5.41) is 1.93. The van der Waals surface area contributed by atoms with Gasteiger partial charge in [0.1, 0.15) is 12.4 Å². The maximum atomic E-state index is 5.95. The number of H-pyrrole nitrogens is 1. The van der Waals surface area contributed by atoms with Crippen molar-refractivity contribution in [2.24, 2.45) is 0 Å². The Hall–Kier alpha value is -2.71. The Morgan fingerprint density at radius 1 is 0.800 bits per heavy atom. The molecule has 0 saturated heterocycles. The van der Waals surface area contributed by atoms with Gasteiger partial charge >= 0.3 is 0 Å². The van der Waals surface area contributed by atoms with Gasteiger partial charge in [0.05, 0.1) is 0 Å². The molecule has 0 unspecified atom stereocenters. The molecule has 25 heavy (non-hydrogen) atoms. The molecule has 0 atom stereocenters. The van der Waals surface area contributed by atoms with Crippen molar-refractivity contribution in [3.8, 4) is 5.75 Å². The molecule has 0 saturated carbocycles. The highest BCUT2D eigenvalue weighted by Gasteiger charge is 2.04. The van der Waals surface area contributed by atoms with Gasteiger partial charge in [-0.25, -0.2) is 0 Å². The van der Waals surface area contributed by atoms with Crippen molar-refractivity contribution in [1.82, 2.24) is 4.98 Å². The Kier molecular flexibility index (Phi) is 4.45. The zero-order valence-corrected chi connectivity index (χ0v) is 14.5. The van der Waals surface area contributed by atoms with Gasteiger partial charge in [0, 0.05) is 28.0 Å². The highest BCUT2D eigenvalue weighted by atomic mass is 35.5. The van der Waals surface area contributed by atoms with Gasteiger partial charge in [-0.1, -0.05) is 54.1 Å². The molecule has 1 heterocycles. The third-order valence-corrected chi connectivity index (χ3v) is 4.46. The van der Waals surface area contributed by atoms with Crippen LogP contribution in [0.1, 0.15) is 16.8 Å². The van der Waals surface area contributed by atoms with E-state index < -0.39 is 0 Å². The number of rotatable bonds is 5. The molecule has 1 aromatic heterocycles. The second-order valence-electron chi connectivity index (χ2n) is 6.12. The first-order valence-corrected chi connectivity index (χ1v) is 8.67. The van der Waals surface area contributed by atoms with Crippen molar-refractivity contribution in [3.05, 3.63) is 101 Å². The van der Waals surface area contributed by atoms with Crippen LogP contribution in [0, 0.1) is 0 Å². The number of aromatic amines is 1. The Bertz CT molecular complexity index is 974. The van der Waals surface area contributed by atoms with Crippen molar-refractivity contribution in [1.29, 1.82) is 0 Å². The van der Waals surface area contributed by atoms with Gasteiger partial charge in [0.15, 0.2) is 0 Å². The van der Waals surface area contributed by atoms with E-state index in [2.05, 4.69) is 47.4 Å². The van der Waals surface area contributed by atoms with Crippen LogP contribution in [0.25, 0.3) is 10.9 Å². The molecular weight excluding hydrogens is 330 g/mol. The number of hydrogen-bond donors (Lipinski definition) is 1. The number of ether oxygens (including phenoxy) is 1. The van der Waals surface area contributed by atoms with Gasteiger partial charge in [-0.3, -0.25) is 0 Å². The molecule has 1 N–H and O–H groups in total. The van der Waals surface area contributed by atoms with Crippen molar-refractivity contribution in [2.45, 2.75) is 13.0 Å². The molecule has 0 bridgehead atoms. The molecule has 3 heteroatoms. The molecule has 3 aromatic carbocycles. The lowest BCUT2D eigenvalue weighted by atomic mass is 10.1. The van der Waals surface area contributed by atoms with Crippen LogP contribution < -0.4 is 4.74 Å². The quantitative estimate of drug-likeness (QED) is 0.471. The lowest BCUT2D eigenvalue weighted by molar-refractivity contribution is 0.306. The Morgan fingerprint density at radius 2 is 1.60 bits per heavy atom. The molecule has 0 radical (unpaired) electrons. The van der Waals surface area contributed by atoms with E-state index in [4.69, 9.17) is 16.3 Å². The van der Waals surface area contributed by atoms with Crippen LogP contribution in [-0.4, -0.2) is 4.98 Å². The van der Waals surface area contributed by atoms with E-state index in [1.807, 2.05) is 36.4 Å². The number of aromatic nitrogens is 1. The van der Waals surface area contributed by atoms with Crippen LogP contribution in [0.2, 0.25) is 5.02 Å². The first-order valence-electron chi connectivity index (χ1n) is 8.29. The fourth-order valence-electron chi connectivity index (χ4n) is 2.92. The van der Waals surface area contributed by atoms with E-state index in [0.29, 0.717) is 6.61 Å². The molecule has 0 aliphatic rings. The summed E-state index contributed by atoms with van der Waals surface area (Å²) < 4.78 is 5.91. The lowest BCUT2D eigenvalue weighted by Crippen LogP contribution is -1.94. The molecule has 0 aliphatic heterocycles. The van der Waals surface area contributed by atoms with Crippen LogP contribution in [0.15, 0.2) is 78.9 Å². The first-order chi connectivity index (χ1) is 12.3. The highest BCUT2D eigenvalue weighted by Crippen LogP contribution is 2.24. The zero-order valence-electron chi connectivity index (χ0n) is 13.7. The standard InChI is InChI=1S/C22H18ClNO/c23-19-8-6-16(7-9-19)12-20-13-18-14-21(10-11-22(18)24-20)25-15-17-4-2-1-3-5-17/h1-11,13-14,24H,12,15H2. The van der Waals surface area contributed by atoms with Crippen molar-refractivity contribution >= 4 is 22.5 Å². The number of halogens is 1. The van der Waals surface area contributed by atoms with E-state index in [9.17, 15) is 0 Å². The summed E-state index contributed by atoms with van der Waals surface area (Å²) in [6, 6.07) is 26.5. The van der Waals surface area contributed by atoms with Gasteiger partial charge in [0.2, 0.25) is 0 Å². The Morgan fingerprint density at radius 3 is 2.40 bits per heavy atom. The van der Waals surface area contributed by atoms with E-state index in [1.54, 1.807) is 0 Å². The van der Waals surface area contributed by atoms with Crippen LogP contribution in [0.5, 0.6) is 5.75 Å². The summed E-state index contributed by atoms with van der Waals surface area (Å²) in [6.45, 7) is 0.578. The minimum absolute atomic E-state index is 0.578. The van der Waals surface area contributed by atoms with Crippen LogP contribution in [0.3, 0.4) is 0 Å². The molecule has 0 fully saturated rings. The van der Waals surface area contributed by atoms with Crippen molar-refractivity contribution < 1.29 is 4.74 Å². The lowest BCUT2D eigenvalue weighted by Gasteiger charge is -2.06. The van der Waals surface area contributed by atoms with Crippen molar-refractivity contribution in [2.75, 3.05) is 0 Å². The predicted octanol–water partition coefficient (Wildman–Crippen LogP) is 5.99. The smallest absolute Gasteiger partial charge is 0.120 e. The molecule has 2 nitrogen and oxygen atoms in total. The third-order valence-electron chi connectivity index (χ3n) is 4.20. The number of hydrogen-bond acceptors (Lipinski definition) is 1. The molecule has 0 spiro atoms. The average Bonchev–Trinajstić information content (AvgIpc) is 3.04. The first kappa shape index (κ1) is 15.8. The second kappa shape index (κ2) is 7.04. The second-order valence-corrected chi connectivity index (χ2v) is 6.56. The molecule has 4 aromatic rings. The number of nitrogens with one attached hydrogen (secondary N) is 1. The van der Waals surface area contributed by atoms with Gasteiger partial charge in [-0.2, -0.15) is 0 Å². The Balaban J connectivity index is 1.50. The minimum Gasteiger partial charge on any atom is -0.489 e. The molecule has 0 aliphatic carbocycles. The summed E-state index contributed by atoms with van der Waals surface area (Å²) in [4.78, 5) is 3.47. The number of benzene rings is 3. The SMILES string of the molecule is Clc1ccc(Cc2cc3cc(OCc4ccccc4)ccc3[nH]2)cc1. The minimum atomic E-state index is 0.578. The van der Waals surface area contributed by atoms with E-state index in [-0.39, 0.29) is 0 Å². The van der Waals surface area contributed by atoms with Crippen LogP contribution in [-0.2, 0) is 13.0 Å². The van der Waals surface area contributed by atoms with Crippen LogP contribution in [0.4, 0.5) is 0 Å². The van der Waals surface area contributed by atoms with E-state index in [1.165, 1.54) is 16.8 Å². The van der Waals surface area contributed by atoms with Gasteiger partial charge in [-0.05, 0) is 47.5 Å². The fraction of sp³-hybridized carbons (Fsp3) is 0.0909. The average molecular weight is 348 g/mol. The monoisotopic (exact) mass is 347 g/mol. The zero-order chi connectivity index (χ0) is 17.1. The van der Waals surface area contributed by atoms with Gasteiger partial charge in [-0.15, -0.1) is 0 Å². The van der Waals surface area contributed by atoms with Gasteiger partial charge < -0.3 is 9.72 Å². The summed E-state index contributed by atoms with van der Waals surface area (Å²) >= 11 is 5.95. The number of fused-ring (bicyclic) bond motifs is 1. The molecule has 124 valence electrons. The third kappa shape index (κ3) is 3.86. The summed E-state index contributed by atoms with van der Waals surface area (Å²) in [5.41, 5.74) is 4.70. The van der Waals surface area contributed by atoms with Gasteiger partial charge in [0.25, 0.3) is 0 Å². The highest BCUT2D eigenvalue weighted by molar-refractivity contribution is 6.30. The summed E-state index contributed by atoms with van der Waals surface area (Å²) in [7, 11) is 0.